The van der Waals surface area contributed by atoms with Crippen LogP contribution in [0.4, 0.5) is 13.2 Å². The molecule has 1 fully saturated rings. The molecule has 3 rings (SSSR count). The highest BCUT2D eigenvalue weighted by atomic mass is 35.5. The molecule has 0 aliphatic heterocycles. The summed E-state index contributed by atoms with van der Waals surface area (Å²) >= 11 is 6.35. The minimum Gasteiger partial charge on any atom is -0.481 e. The highest BCUT2D eigenvalue weighted by Gasteiger charge is 2.30. The van der Waals surface area contributed by atoms with Crippen LogP contribution in [0.2, 0.25) is 5.28 Å². The number of imidazole rings is 1. The molecule has 1 aliphatic rings. The predicted molar refractivity (Wildman–Crippen MR) is 131 cm³/mol. The maximum absolute atomic E-state index is 13.3. The SMILES string of the molecule is CC(C)(C#Cc1nc(Cl)n(Cc2ccc(C(F)(F)F)cc2)c1C(=O)NC[C@H]1CC[C@H](C(=O)O)CC1)CO. The van der Waals surface area contributed by atoms with Crippen LogP contribution in [-0.4, -0.2) is 44.8 Å². The molecule has 1 heterocycles. The van der Waals surface area contributed by atoms with Gasteiger partial charge in [0.05, 0.1) is 24.6 Å². The Bertz CT molecular complexity index is 1190. The van der Waals surface area contributed by atoms with E-state index in [1.54, 1.807) is 13.8 Å². The molecule has 0 unspecified atom stereocenters. The Morgan fingerprint density at radius 3 is 2.32 bits per heavy atom. The maximum Gasteiger partial charge on any atom is 0.416 e. The van der Waals surface area contributed by atoms with Crippen LogP contribution in [0.15, 0.2) is 24.3 Å². The first-order valence-electron chi connectivity index (χ1n) is 11.9. The molecule has 0 spiro atoms. The number of nitrogens with one attached hydrogen (secondary N) is 1. The molecule has 7 nitrogen and oxygen atoms in total. The number of hydrogen-bond donors (Lipinski definition) is 3. The molecule has 0 saturated heterocycles. The van der Waals surface area contributed by atoms with Crippen molar-refractivity contribution in [1.82, 2.24) is 14.9 Å². The van der Waals surface area contributed by atoms with Gasteiger partial charge in [-0.25, -0.2) is 4.98 Å². The molecule has 1 saturated carbocycles. The number of carbonyl (C=O) groups excluding carboxylic acids is 1. The Kier molecular flexibility index (Phi) is 8.92. The molecular weight excluding hydrogens is 511 g/mol. The molecule has 3 N–H and O–H groups in total. The zero-order valence-electron chi connectivity index (χ0n) is 20.5. The number of aliphatic carboxylic acids is 1. The summed E-state index contributed by atoms with van der Waals surface area (Å²) in [4.78, 5) is 28.7. The summed E-state index contributed by atoms with van der Waals surface area (Å²) in [5.74, 6) is 4.13. The van der Waals surface area contributed by atoms with Crippen LogP contribution in [0.25, 0.3) is 0 Å². The normalized spacial score (nSPS) is 18.1. The number of aliphatic hydroxyl groups is 1. The number of alkyl halides is 3. The van der Waals surface area contributed by atoms with Crippen molar-refractivity contribution in [2.24, 2.45) is 17.3 Å². The van der Waals surface area contributed by atoms with E-state index < -0.39 is 29.0 Å². The van der Waals surface area contributed by atoms with Gasteiger partial charge in [0.25, 0.3) is 5.91 Å². The van der Waals surface area contributed by atoms with Gasteiger partial charge >= 0.3 is 12.1 Å². The van der Waals surface area contributed by atoms with Crippen LogP contribution in [0, 0.1) is 29.1 Å². The number of nitrogens with zero attached hydrogens (tertiary/aromatic N) is 2. The van der Waals surface area contributed by atoms with Crippen molar-refractivity contribution < 1.29 is 33.0 Å². The van der Waals surface area contributed by atoms with E-state index >= 15 is 0 Å². The quantitative estimate of drug-likeness (QED) is 0.446. The second kappa shape index (κ2) is 11.6. The van der Waals surface area contributed by atoms with Crippen molar-refractivity contribution in [3.05, 3.63) is 52.1 Å². The summed E-state index contributed by atoms with van der Waals surface area (Å²) in [7, 11) is 0. The van der Waals surface area contributed by atoms with Crippen molar-refractivity contribution in [2.45, 2.75) is 52.3 Å². The van der Waals surface area contributed by atoms with Crippen LogP contribution in [-0.2, 0) is 17.5 Å². The van der Waals surface area contributed by atoms with Gasteiger partial charge in [-0.05, 0) is 80.7 Å². The summed E-state index contributed by atoms with van der Waals surface area (Å²) in [5.41, 5.74) is -0.930. The summed E-state index contributed by atoms with van der Waals surface area (Å²) in [6.07, 6.45) is -2.05. The van der Waals surface area contributed by atoms with Gasteiger partial charge in [0.1, 0.15) is 11.4 Å². The van der Waals surface area contributed by atoms with Gasteiger partial charge in [0.15, 0.2) is 0 Å². The lowest BCUT2D eigenvalue weighted by Gasteiger charge is -2.26. The van der Waals surface area contributed by atoms with Crippen molar-refractivity contribution in [3.8, 4) is 11.8 Å². The number of benzene rings is 1. The average Bonchev–Trinajstić information content (AvgIpc) is 3.16. The van der Waals surface area contributed by atoms with Gasteiger partial charge in [0, 0.05) is 12.0 Å². The van der Waals surface area contributed by atoms with Crippen LogP contribution in [0.5, 0.6) is 0 Å². The van der Waals surface area contributed by atoms with E-state index in [4.69, 9.17) is 11.6 Å². The van der Waals surface area contributed by atoms with E-state index in [0.29, 0.717) is 37.8 Å². The Morgan fingerprint density at radius 2 is 1.78 bits per heavy atom. The Morgan fingerprint density at radius 1 is 1.16 bits per heavy atom. The Balaban J connectivity index is 1.86. The first-order chi connectivity index (χ1) is 17.3. The number of carboxylic acid groups (broad SMARTS) is 1. The number of aromatic nitrogens is 2. The fourth-order valence-electron chi connectivity index (χ4n) is 4.07. The highest BCUT2D eigenvalue weighted by molar-refractivity contribution is 6.29. The highest BCUT2D eigenvalue weighted by Crippen LogP contribution is 2.30. The molecule has 2 aromatic rings. The van der Waals surface area contributed by atoms with E-state index in [0.717, 1.165) is 12.1 Å². The minimum atomic E-state index is -4.47. The first kappa shape index (κ1) is 28.5. The number of carboxylic acids is 1. The fraction of sp³-hybridized carbons (Fsp3) is 0.500. The van der Waals surface area contributed by atoms with Gasteiger partial charge in [-0.2, -0.15) is 13.2 Å². The molecule has 1 aliphatic carbocycles. The predicted octanol–water partition coefficient (Wildman–Crippen LogP) is 4.59. The zero-order valence-corrected chi connectivity index (χ0v) is 21.3. The molecule has 1 aromatic carbocycles. The van der Waals surface area contributed by atoms with Crippen LogP contribution >= 0.6 is 11.6 Å². The maximum atomic E-state index is 13.3. The first-order valence-corrected chi connectivity index (χ1v) is 12.3. The largest absolute Gasteiger partial charge is 0.481 e. The third-order valence-corrected chi connectivity index (χ3v) is 6.71. The van der Waals surface area contributed by atoms with E-state index in [1.165, 1.54) is 16.7 Å². The molecule has 1 aromatic heterocycles. The van der Waals surface area contributed by atoms with E-state index in [-0.39, 0.29) is 41.7 Å². The second-order valence-electron chi connectivity index (χ2n) is 9.92. The van der Waals surface area contributed by atoms with Crippen LogP contribution in [0.3, 0.4) is 0 Å². The van der Waals surface area contributed by atoms with Crippen molar-refractivity contribution in [2.75, 3.05) is 13.2 Å². The molecular formula is C26H29ClF3N3O4. The molecule has 0 bridgehead atoms. The smallest absolute Gasteiger partial charge is 0.416 e. The van der Waals surface area contributed by atoms with Gasteiger partial charge in [-0.1, -0.05) is 18.1 Å². The molecule has 1 amide bonds. The average molecular weight is 540 g/mol. The van der Waals surface area contributed by atoms with Gasteiger partial charge in [-0.15, -0.1) is 0 Å². The monoisotopic (exact) mass is 539 g/mol. The molecule has 0 radical (unpaired) electrons. The van der Waals surface area contributed by atoms with Gasteiger partial charge in [-0.3, -0.25) is 9.59 Å². The van der Waals surface area contributed by atoms with Crippen molar-refractivity contribution >= 4 is 23.5 Å². The number of rotatable bonds is 7. The summed E-state index contributed by atoms with van der Waals surface area (Å²) < 4.78 is 40.2. The fourth-order valence-corrected chi connectivity index (χ4v) is 4.30. The Labute approximate surface area is 218 Å². The zero-order chi connectivity index (χ0) is 27.4. The number of carbonyl (C=O) groups is 2. The summed E-state index contributed by atoms with van der Waals surface area (Å²) in [6.45, 7) is 3.52. The van der Waals surface area contributed by atoms with Gasteiger partial charge < -0.3 is 20.1 Å². The molecule has 11 heteroatoms. The third kappa shape index (κ3) is 7.49. The Hall–Kier alpha value is -3.03. The second-order valence-corrected chi connectivity index (χ2v) is 10.3. The van der Waals surface area contributed by atoms with Crippen LogP contribution in [0.1, 0.15) is 66.8 Å². The van der Waals surface area contributed by atoms with Crippen molar-refractivity contribution in [3.63, 3.8) is 0 Å². The third-order valence-electron chi connectivity index (χ3n) is 6.42. The molecule has 200 valence electrons. The number of aliphatic hydroxyl groups excluding tert-OH is 1. The topological polar surface area (TPSA) is 104 Å². The van der Waals surface area contributed by atoms with Crippen molar-refractivity contribution in [1.29, 1.82) is 0 Å². The van der Waals surface area contributed by atoms with E-state index in [1.807, 2.05) is 0 Å². The van der Waals surface area contributed by atoms with Crippen LogP contribution < -0.4 is 5.32 Å². The van der Waals surface area contributed by atoms with E-state index in [9.17, 15) is 33.0 Å². The molecule has 0 atom stereocenters. The number of amides is 1. The lowest BCUT2D eigenvalue weighted by Crippen LogP contribution is -2.34. The van der Waals surface area contributed by atoms with Gasteiger partial charge in [0.2, 0.25) is 5.28 Å². The minimum absolute atomic E-state index is 0.0124. The van der Waals surface area contributed by atoms with E-state index in [2.05, 4.69) is 22.1 Å². The lowest BCUT2D eigenvalue weighted by atomic mass is 9.82. The number of halogens is 4. The standard InChI is InChI=1S/C26H29ClF3N3O4/c1-25(2,15-34)12-11-20-21(22(35)31-13-16-3-7-18(8-4-16)23(36)37)33(24(27)32-20)14-17-5-9-19(10-6-17)26(28,29)30/h5-6,9-10,16,18,34H,3-4,7-8,13-15H2,1-2H3,(H,31,35)(H,36,37)/t16-,18-. The summed E-state index contributed by atoms with van der Waals surface area (Å²) in [6, 6.07) is 4.53. The molecule has 37 heavy (non-hydrogen) atoms. The summed E-state index contributed by atoms with van der Waals surface area (Å²) in [5, 5.41) is 21.5. The number of hydrogen-bond acceptors (Lipinski definition) is 4. The lowest BCUT2D eigenvalue weighted by molar-refractivity contribution is -0.143.